The van der Waals surface area contributed by atoms with Gasteiger partial charge in [-0.15, -0.1) is 0 Å². The highest BCUT2D eigenvalue weighted by molar-refractivity contribution is 5.84. The van der Waals surface area contributed by atoms with E-state index in [1.807, 2.05) is 13.8 Å². The monoisotopic (exact) mass is 325 g/mol. The summed E-state index contributed by atoms with van der Waals surface area (Å²) in [5.74, 6) is -0.421. The first-order chi connectivity index (χ1) is 11.0. The zero-order chi connectivity index (χ0) is 17.2. The summed E-state index contributed by atoms with van der Waals surface area (Å²) in [5.41, 5.74) is 0. The molecule has 1 amide bonds. The Bertz CT molecular complexity index is 504. The molecule has 128 valence electrons. The zero-order valence-electron chi connectivity index (χ0n) is 13.8. The van der Waals surface area contributed by atoms with Gasteiger partial charge in [0.2, 0.25) is 5.91 Å². The zero-order valence-corrected chi connectivity index (χ0v) is 13.8. The van der Waals surface area contributed by atoms with Crippen molar-refractivity contribution in [3.05, 3.63) is 30.1 Å². The van der Waals surface area contributed by atoms with Crippen LogP contribution in [0.25, 0.3) is 0 Å². The highest BCUT2D eigenvalue weighted by Crippen LogP contribution is 2.12. The minimum atomic E-state index is -0.629. The van der Waals surface area contributed by atoms with Gasteiger partial charge in [-0.3, -0.25) is 4.79 Å². The van der Waals surface area contributed by atoms with Crippen LogP contribution in [0.15, 0.2) is 24.3 Å². The Morgan fingerprint density at radius 1 is 1.26 bits per heavy atom. The SMILES string of the molecule is CCC(C)C(NC(=O)CCCOc1ccc(F)cc1)C(=O)OC. The standard InChI is InChI=1S/C17H24FNO4/c1-4-12(2)16(17(21)22-3)19-15(20)6-5-11-23-14-9-7-13(18)8-10-14/h7-10,12,16H,4-6,11H2,1-3H3,(H,19,20). The number of esters is 1. The maximum atomic E-state index is 12.7. The molecule has 0 bridgehead atoms. The Morgan fingerprint density at radius 3 is 2.48 bits per heavy atom. The molecule has 23 heavy (non-hydrogen) atoms. The molecule has 0 aliphatic rings. The summed E-state index contributed by atoms with van der Waals surface area (Å²) >= 11 is 0. The maximum absolute atomic E-state index is 12.7. The van der Waals surface area contributed by atoms with Crippen molar-refractivity contribution < 1.29 is 23.5 Å². The van der Waals surface area contributed by atoms with Crippen LogP contribution in [-0.2, 0) is 14.3 Å². The molecule has 0 aliphatic carbocycles. The number of nitrogens with one attached hydrogen (secondary N) is 1. The molecule has 0 saturated carbocycles. The van der Waals surface area contributed by atoms with Gasteiger partial charge in [0.25, 0.3) is 0 Å². The summed E-state index contributed by atoms with van der Waals surface area (Å²) in [6.45, 7) is 4.17. The summed E-state index contributed by atoms with van der Waals surface area (Å²) < 4.78 is 22.9. The van der Waals surface area contributed by atoms with Crippen molar-refractivity contribution in [2.24, 2.45) is 5.92 Å². The van der Waals surface area contributed by atoms with Gasteiger partial charge in [-0.2, -0.15) is 0 Å². The Labute approximate surface area is 136 Å². The van der Waals surface area contributed by atoms with Crippen LogP contribution in [0.2, 0.25) is 0 Å². The second-order valence-electron chi connectivity index (χ2n) is 5.36. The third-order valence-electron chi connectivity index (χ3n) is 3.62. The van der Waals surface area contributed by atoms with Crippen LogP contribution in [-0.4, -0.2) is 31.6 Å². The molecule has 6 heteroatoms. The fourth-order valence-electron chi connectivity index (χ4n) is 2.00. The molecular weight excluding hydrogens is 301 g/mol. The number of rotatable bonds is 9. The molecule has 0 aromatic heterocycles. The van der Waals surface area contributed by atoms with E-state index in [1.54, 1.807) is 0 Å². The first kappa shape index (κ1) is 18.9. The highest BCUT2D eigenvalue weighted by atomic mass is 19.1. The van der Waals surface area contributed by atoms with Crippen molar-refractivity contribution in [2.45, 2.75) is 39.2 Å². The van der Waals surface area contributed by atoms with Gasteiger partial charge in [-0.05, 0) is 36.6 Å². The van der Waals surface area contributed by atoms with Crippen molar-refractivity contribution in [3.63, 3.8) is 0 Å². The molecule has 1 N–H and O–H groups in total. The molecule has 0 aliphatic heterocycles. The van der Waals surface area contributed by atoms with E-state index in [9.17, 15) is 14.0 Å². The van der Waals surface area contributed by atoms with Crippen molar-refractivity contribution in [3.8, 4) is 5.75 Å². The summed E-state index contributed by atoms with van der Waals surface area (Å²) in [4.78, 5) is 23.6. The van der Waals surface area contributed by atoms with Crippen LogP contribution in [0.4, 0.5) is 4.39 Å². The van der Waals surface area contributed by atoms with Crippen LogP contribution < -0.4 is 10.1 Å². The van der Waals surface area contributed by atoms with Crippen molar-refractivity contribution in [2.75, 3.05) is 13.7 Å². The average Bonchev–Trinajstić information content (AvgIpc) is 2.56. The lowest BCUT2D eigenvalue weighted by Crippen LogP contribution is -2.45. The molecule has 0 heterocycles. The van der Waals surface area contributed by atoms with Gasteiger partial charge in [-0.1, -0.05) is 20.3 Å². The number of ether oxygens (including phenoxy) is 2. The molecule has 1 aromatic rings. The lowest BCUT2D eigenvalue weighted by molar-refractivity contribution is -0.146. The third kappa shape index (κ3) is 6.67. The van der Waals surface area contributed by atoms with E-state index in [0.717, 1.165) is 6.42 Å². The predicted molar refractivity (Wildman–Crippen MR) is 84.5 cm³/mol. The molecule has 0 radical (unpaired) electrons. The Hall–Kier alpha value is -2.11. The molecule has 2 atom stereocenters. The van der Waals surface area contributed by atoms with E-state index in [2.05, 4.69) is 5.32 Å². The smallest absolute Gasteiger partial charge is 0.328 e. The molecule has 1 aromatic carbocycles. The van der Waals surface area contributed by atoms with E-state index in [-0.39, 0.29) is 24.1 Å². The first-order valence-corrected chi connectivity index (χ1v) is 7.73. The Kier molecular flexibility index (Phi) is 8.08. The van der Waals surface area contributed by atoms with Crippen LogP contribution in [0.5, 0.6) is 5.75 Å². The lowest BCUT2D eigenvalue weighted by atomic mass is 9.99. The van der Waals surface area contributed by atoms with Crippen molar-refractivity contribution >= 4 is 11.9 Å². The Balaban J connectivity index is 2.34. The topological polar surface area (TPSA) is 64.6 Å². The van der Waals surface area contributed by atoms with E-state index < -0.39 is 12.0 Å². The number of carbonyl (C=O) groups is 2. The number of halogens is 1. The molecular formula is C17H24FNO4. The number of benzene rings is 1. The van der Waals surface area contributed by atoms with Crippen LogP contribution in [0, 0.1) is 11.7 Å². The summed E-state index contributed by atoms with van der Waals surface area (Å²) in [7, 11) is 1.31. The fourth-order valence-corrected chi connectivity index (χ4v) is 2.00. The molecule has 1 rings (SSSR count). The predicted octanol–water partition coefficient (Wildman–Crippen LogP) is 2.69. The molecule has 0 spiro atoms. The Morgan fingerprint density at radius 2 is 1.91 bits per heavy atom. The summed E-state index contributed by atoms with van der Waals surface area (Å²) in [6.07, 6.45) is 1.50. The third-order valence-corrected chi connectivity index (χ3v) is 3.62. The van der Waals surface area contributed by atoms with Crippen LogP contribution >= 0.6 is 0 Å². The van der Waals surface area contributed by atoms with E-state index in [1.165, 1.54) is 31.4 Å². The van der Waals surface area contributed by atoms with Crippen LogP contribution in [0.3, 0.4) is 0 Å². The molecule has 0 saturated heterocycles. The minimum Gasteiger partial charge on any atom is -0.494 e. The maximum Gasteiger partial charge on any atom is 0.328 e. The van der Waals surface area contributed by atoms with Crippen molar-refractivity contribution in [1.29, 1.82) is 0 Å². The molecule has 0 fully saturated rings. The van der Waals surface area contributed by atoms with Gasteiger partial charge >= 0.3 is 5.97 Å². The highest BCUT2D eigenvalue weighted by Gasteiger charge is 2.26. The van der Waals surface area contributed by atoms with E-state index in [4.69, 9.17) is 9.47 Å². The largest absolute Gasteiger partial charge is 0.494 e. The van der Waals surface area contributed by atoms with Gasteiger partial charge in [0.05, 0.1) is 13.7 Å². The molecule has 5 nitrogen and oxygen atoms in total. The number of hydrogen-bond acceptors (Lipinski definition) is 4. The van der Waals surface area contributed by atoms with E-state index in [0.29, 0.717) is 18.8 Å². The fraction of sp³-hybridized carbons (Fsp3) is 0.529. The average molecular weight is 325 g/mol. The van der Waals surface area contributed by atoms with Gasteiger partial charge in [-0.25, -0.2) is 9.18 Å². The normalized spacial score (nSPS) is 13.0. The number of hydrogen-bond donors (Lipinski definition) is 1. The number of amides is 1. The lowest BCUT2D eigenvalue weighted by Gasteiger charge is -2.21. The number of methoxy groups -OCH3 is 1. The second kappa shape index (κ2) is 9.82. The summed E-state index contributed by atoms with van der Waals surface area (Å²) in [5, 5.41) is 2.71. The summed E-state index contributed by atoms with van der Waals surface area (Å²) in [6, 6.07) is 5.07. The van der Waals surface area contributed by atoms with Gasteiger partial charge in [0, 0.05) is 6.42 Å². The first-order valence-electron chi connectivity index (χ1n) is 7.73. The number of carbonyl (C=O) groups excluding carboxylic acids is 2. The van der Waals surface area contributed by atoms with Gasteiger partial charge in [0.15, 0.2) is 0 Å². The van der Waals surface area contributed by atoms with Crippen molar-refractivity contribution in [1.82, 2.24) is 5.32 Å². The van der Waals surface area contributed by atoms with Gasteiger partial charge in [0.1, 0.15) is 17.6 Å². The quantitative estimate of drug-likeness (QED) is 0.560. The second-order valence-corrected chi connectivity index (χ2v) is 5.36. The van der Waals surface area contributed by atoms with E-state index >= 15 is 0 Å². The van der Waals surface area contributed by atoms with Crippen LogP contribution in [0.1, 0.15) is 33.1 Å². The minimum absolute atomic E-state index is 0.00173. The molecule has 2 unspecified atom stereocenters. The van der Waals surface area contributed by atoms with Gasteiger partial charge < -0.3 is 14.8 Å².